The molecule has 0 amide bonds. The number of aromatic nitrogens is 4. The maximum atomic E-state index is 11.3. The molecular formula is C23H29N7O6. The van der Waals surface area contributed by atoms with Crippen molar-refractivity contribution in [1.29, 1.82) is 0 Å². The fraction of sp³-hybridized carbons (Fsp3) is 0.522. The molecule has 13 heteroatoms. The predicted octanol–water partition coefficient (Wildman–Crippen LogP) is 1.38. The van der Waals surface area contributed by atoms with E-state index in [0.717, 1.165) is 17.5 Å². The monoisotopic (exact) mass is 499 g/mol. The van der Waals surface area contributed by atoms with Crippen molar-refractivity contribution in [1.82, 2.24) is 19.5 Å². The lowest BCUT2D eigenvalue weighted by Crippen LogP contribution is -2.31. The van der Waals surface area contributed by atoms with E-state index < -0.39 is 29.5 Å². The molecule has 1 saturated heterocycles. The van der Waals surface area contributed by atoms with Gasteiger partial charge in [0.2, 0.25) is 5.95 Å². The fourth-order valence-electron chi connectivity index (χ4n) is 4.79. The van der Waals surface area contributed by atoms with Crippen LogP contribution in [0.5, 0.6) is 0 Å². The Morgan fingerprint density at radius 2 is 2.11 bits per heavy atom. The van der Waals surface area contributed by atoms with Crippen LogP contribution in [0.15, 0.2) is 24.5 Å². The van der Waals surface area contributed by atoms with Crippen molar-refractivity contribution in [3.8, 4) is 0 Å². The van der Waals surface area contributed by atoms with Crippen LogP contribution in [-0.4, -0.2) is 79.8 Å². The van der Waals surface area contributed by atoms with Crippen molar-refractivity contribution in [3.05, 3.63) is 45.8 Å². The van der Waals surface area contributed by atoms with Crippen LogP contribution < -0.4 is 10.2 Å². The molecule has 4 heterocycles. The number of aliphatic hydroxyl groups is 2. The molecule has 36 heavy (non-hydrogen) atoms. The molecule has 3 N–H and O–H groups in total. The summed E-state index contributed by atoms with van der Waals surface area (Å²) in [5.74, 6) is 1.01. The molecule has 3 aromatic rings. The van der Waals surface area contributed by atoms with Gasteiger partial charge < -0.3 is 29.9 Å². The van der Waals surface area contributed by atoms with Crippen molar-refractivity contribution in [2.75, 3.05) is 37.0 Å². The third-order valence-electron chi connectivity index (χ3n) is 6.71. The Labute approximate surface area is 206 Å². The fourth-order valence-corrected chi connectivity index (χ4v) is 4.79. The molecule has 13 nitrogen and oxygen atoms in total. The van der Waals surface area contributed by atoms with Gasteiger partial charge in [-0.3, -0.25) is 14.7 Å². The van der Waals surface area contributed by atoms with Gasteiger partial charge >= 0.3 is 0 Å². The zero-order valence-electron chi connectivity index (χ0n) is 20.1. The summed E-state index contributed by atoms with van der Waals surface area (Å²) in [6, 6.07) is 4.94. The van der Waals surface area contributed by atoms with E-state index in [-0.39, 0.29) is 5.69 Å². The van der Waals surface area contributed by atoms with Gasteiger partial charge in [-0.05, 0) is 30.9 Å². The molecule has 4 atom stereocenters. The number of ether oxygens (including phenoxy) is 2. The summed E-state index contributed by atoms with van der Waals surface area (Å²) in [6.45, 7) is 3.91. The number of fused-ring (bicyclic) bond motifs is 2. The number of anilines is 2. The summed E-state index contributed by atoms with van der Waals surface area (Å²) < 4.78 is 12.7. The number of benzene rings is 1. The first-order chi connectivity index (χ1) is 17.4. The van der Waals surface area contributed by atoms with Crippen LogP contribution in [-0.2, 0) is 22.4 Å². The summed E-state index contributed by atoms with van der Waals surface area (Å²) in [6.07, 6.45) is -0.823. The largest absolute Gasteiger partial charge is 0.388 e. The van der Waals surface area contributed by atoms with Crippen LogP contribution in [0.2, 0.25) is 0 Å². The first-order valence-electron chi connectivity index (χ1n) is 11.9. The number of hydrogen-bond acceptors (Lipinski definition) is 11. The lowest BCUT2D eigenvalue weighted by atomic mass is 9.99. The van der Waals surface area contributed by atoms with E-state index in [9.17, 15) is 20.3 Å². The van der Waals surface area contributed by atoms with Gasteiger partial charge in [0.05, 0.1) is 11.0 Å². The maximum absolute atomic E-state index is 11.3. The van der Waals surface area contributed by atoms with Crippen LogP contribution in [0.3, 0.4) is 0 Å². The van der Waals surface area contributed by atoms with Crippen molar-refractivity contribution in [2.45, 2.75) is 50.8 Å². The summed E-state index contributed by atoms with van der Waals surface area (Å²) in [5, 5.41) is 35.6. The molecule has 5 rings (SSSR count). The number of nitro groups is 1. The van der Waals surface area contributed by atoms with Crippen molar-refractivity contribution in [2.24, 2.45) is 0 Å². The number of aliphatic hydroxyl groups excluding tert-OH is 2. The maximum Gasteiger partial charge on any atom is 0.269 e. The summed E-state index contributed by atoms with van der Waals surface area (Å²) in [4.78, 5) is 26.6. The molecule has 0 unspecified atom stereocenters. The normalized spacial score (nSPS) is 23.7. The number of rotatable bonds is 8. The number of nitro benzene ring substituents is 1. The molecule has 192 valence electrons. The summed E-state index contributed by atoms with van der Waals surface area (Å²) in [5.41, 5.74) is 2.94. The van der Waals surface area contributed by atoms with Crippen LogP contribution in [0, 0.1) is 10.1 Å². The second kappa shape index (κ2) is 9.93. The Morgan fingerprint density at radius 3 is 2.83 bits per heavy atom. The molecule has 2 aliphatic heterocycles. The van der Waals surface area contributed by atoms with E-state index in [2.05, 4.69) is 15.3 Å². The predicted molar refractivity (Wildman–Crippen MR) is 130 cm³/mol. The Balaban J connectivity index is 1.53. The number of imidazole rings is 1. The van der Waals surface area contributed by atoms with Crippen LogP contribution >= 0.6 is 0 Å². The number of methoxy groups -OCH3 is 1. The molecule has 0 bridgehead atoms. The lowest BCUT2D eigenvalue weighted by Gasteiger charge is -2.29. The van der Waals surface area contributed by atoms with Gasteiger partial charge in [-0.2, -0.15) is 0 Å². The highest BCUT2D eigenvalue weighted by Crippen LogP contribution is 2.37. The molecule has 0 aliphatic carbocycles. The highest BCUT2D eigenvalue weighted by Gasteiger charge is 2.43. The molecule has 2 aliphatic rings. The molecule has 2 aromatic heterocycles. The standard InChI is InChI=1S/C23H29N7O6/c1-13-18(31)19(32)22(36-13)29-21-17(27-23(29)24-7-3-9-35-2)20(25-12-26-21)28-8-6-14-4-5-16(30(33)34)10-15(14)11-28/h4-5,10,12-13,18-19,22,31-32H,3,6-9,11H2,1-2H3,(H,24,27)/t13-,18-,19-,22-/m1/s1. The Hall–Kier alpha value is -3.39. The number of nitrogens with zero attached hydrogens (tertiary/aromatic N) is 6. The van der Waals surface area contributed by atoms with E-state index in [4.69, 9.17) is 14.5 Å². The first-order valence-corrected chi connectivity index (χ1v) is 11.9. The van der Waals surface area contributed by atoms with E-state index in [1.54, 1.807) is 24.7 Å². The van der Waals surface area contributed by atoms with Gasteiger partial charge in [-0.1, -0.05) is 6.07 Å². The number of hydrogen-bond donors (Lipinski definition) is 3. The third kappa shape index (κ3) is 4.34. The molecule has 1 fully saturated rings. The summed E-state index contributed by atoms with van der Waals surface area (Å²) in [7, 11) is 1.63. The molecule has 1 aromatic carbocycles. The zero-order chi connectivity index (χ0) is 25.4. The van der Waals surface area contributed by atoms with Gasteiger partial charge in [0, 0.05) is 45.5 Å². The van der Waals surface area contributed by atoms with Gasteiger partial charge in [-0.15, -0.1) is 0 Å². The lowest BCUT2D eigenvalue weighted by molar-refractivity contribution is -0.384. The third-order valence-corrected chi connectivity index (χ3v) is 6.71. The van der Waals surface area contributed by atoms with Gasteiger partial charge in [0.15, 0.2) is 23.2 Å². The quantitative estimate of drug-likeness (QED) is 0.233. The highest BCUT2D eigenvalue weighted by molar-refractivity contribution is 5.86. The first kappa shape index (κ1) is 24.3. The zero-order valence-corrected chi connectivity index (χ0v) is 20.1. The van der Waals surface area contributed by atoms with E-state index in [1.165, 1.54) is 12.4 Å². The number of non-ortho nitro benzene ring substituents is 1. The van der Waals surface area contributed by atoms with E-state index >= 15 is 0 Å². The van der Waals surface area contributed by atoms with Crippen molar-refractivity contribution < 1.29 is 24.6 Å². The van der Waals surface area contributed by atoms with Crippen LogP contribution in [0.4, 0.5) is 17.5 Å². The minimum absolute atomic E-state index is 0.0512. The highest BCUT2D eigenvalue weighted by atomic mass is 16.6. The molecule has 0 spiro atoms. The Kier molecular flexibility index (Phi) is 6.71. The second-order valence-corrected chi connectivity index (χ2v) is 9.04. The molecule has 0 saturated carbocycles. The molecule has 0 radical (unpaired) electrons. The van der Waals surface area contributed by atoms with Crippen LogP contribution in [0.25, 0.3) is 11.2 Å². The smallest absolute Gasteiger partial charge is 0.269 e. The average Bonchev–Trinajstić information content (AvgIpc) is 3.37. The minimum atomic E-state index is -1.17. The number of nitrogens with one attached hydrogen (secondary N) is 1. The topological polar surface area (TPSA) is 161 Å². The van der Waals surface area contributed by atoms with Gasteiger partial charge in [-0.25, -0.2) is 15.0 Å². The van der Waals surface area contributed by atoms with Crippen LogP contribution in [0.1, 0.15) is 30.7 Å². The minimum Gasteiger partial charge on any atom is -0.388 e. The second-order valence-electron chi connectivity index (χ2n) is 9.04. The van der Waals surface area contributed by atoms with E-state index in [0.29, 0.717) is 55.6 Å². The summed E-state index contributed by atoms with van der Waals surface area (Å²) >= 11 is 0. The average molecular weight is 500 g/mol. The SMILES string of the molecule is COCCCNc1nc2c(N3CCc4ccc([N+](=O)[O-])cc4C3)ncnc2n1[C@@H]1O[C@H](C)[C@@H](O)[C@H]1O. The van der Waals surface area contributed by atoms with Crippen molar-refractivity contribution >= 4 is 28.6 Å². The van der Waals surface area contributed by atoms with E-state index in [1.807, 2.05) is 11.0 Å². The Bertz CT molecular complexity index is 1270. The Morgan fingerprint density at radius 1 is 1.28 bits per heavy atom. The van der Waals surface area contributed by atoms with Gasteiger partial charge in [0.1, 0.15) is 18.5 Å². The molecular weight excluding hydrogens is 470 g/mol. The van der Waals surface area contributed by atoms with Crippen molar-refractivity contribution in [3.63, 3.8) is 0 Å². The van der Waals surface area contributed by atoms with Gasteiger partial charge in [0.25, 0.3) is 5.69 Å².